The van der Waals surface area contributed by atoms with Crippen LogP contribution in [0.3, 0.4) is 0 Å². The number of carbonyl (C=O) groups excluding carboxylic acids is 1. The van der Waals surface area contributed by atoms with E-state index in [1.165, 1.54) is 34.9 Å². The highest BCUT2D eigenvalue weighted by Crippen LogP contribution is 2.28. The van der Waals surface area contributed by atoms with E-state index in [0.717, 1.165) is 4.57 Å². The smallest absolute Gasteiger partial charge is 0.253 e. The van der Waals surface area contributed by atoms with Crippen LogP contribution in [0.1, 0.15) is 17.6 Å². The highest BCUT2D eigenvalue weighted by molar-refractivity contribution is 7.89. The lowest BCUT2D eigenvalue weighted by Crippen LogP contribution is -2.42. The van der Waals surface area contributed by atoms with Crippen molar-refractivity contribution in [2.75, 3.05) is 12.3 Å². The second kappa shape index (κ2) is 5.91. The van der Waals surface area contributed by atoms with Crippen molar-refractivity contribution in [3.63, 3.8) is 0 Å². The van der Waals surface area contributed by atoms with E-state index in [1.54, 1.807) is 0 Å². The largest absolute Gasteiger partial charge is 0.368 e. The molecule has 1 aliphatic rings. The first kappa shape index (κ1) is 15.9. The van der Waals surface area contributed by atoms with Crippen LogP contribution >= 0.6 is 11.6 Å². The van der Waals surface area contributed by atoms with Crippen molar-refractivity contribution >= 4 is 33.5 Å². The molecule has 3 rings (SSSR count). The number of nitrogens with two attached hydrogens (primary N) is 1. The Hall–Kier alpha value is -1.97. The van der Waals surface area contributed by atoms with Crippen LogP contribution in [0.5, 0.6) is 0 Å². The average molecular weight is 356 g/mol. The molecule has 1 aliphatic heterocycles. The average Bonchev–Trinajstić information content (AvgIpc) is 3.16. The highest BCUT2D eigenvalue weighted by Gasteiger charge is 2.40. The van der Waals surface area contributed by atoms with Crippen molar-refractivity contribution in [3.8, 4) is 0 Å². The number of sulfonamides is 1. The summed E-state index contributed by atoms with van der Waals surface area (Å²) < 4.78 is 27.8. The maximum atomic E-state index is 12.8. The number of rotatable bonds is 3. The third kappa shape index (κ3) is 2.82. The van der Waals surface area contributed by atoms with Crippen molar-refractivity contribution in [2.24, 2.45) is 0 Å². The number of hydrogen-bond donors (Lipinski definition) is 1. The van der Waals surface area contributed by atoms with Gasteiger partial charge in [0.1, 0.15) is 12.4 Å². The fourth-order valence-electron chi connectivity index (χ4n) is 2.59. The van der Waals surface area contributed by atoms with Crippen molar-refractivity contribution in [1.29, 1.82) is 0 Å². The lowest BCUT2D eigenvalue weighted by Gasteiger charge is -2.23. The Labute approximate surface area is 137 Å². The molecule has 1 aromatic heterocycles. The second-order valence-corrected chi connectivity index (χ2v) is 7.45. The molecule has 2 N–H and O–H groups in total. The van der Waals surface area contributed by atoms with Gasteiger partial charge in [-0.3, -0.25) is 4.79 Å². The lowest BCUT2D eigenvalue weighted by atomic mass is 10.2. The Balaban J connectivity index is 1.93. The highest BCUT2D eigenvalue weighted by atomic mass is 35.5. The molecule has 2 heterocycles. The first-order chi connectivity index (χ1) is 10.9. The molecule has 0 aliphatic carbocycles. The lowest BCUT2D eigenvalue weighted by molar-refractivity contribution is 0.0835. The van der Waals surface area contributed by atoms with Gasteiger partial charge in [0.2, 0.25) is 16.0 Å². The number of nitrogens with zero attached hydrogens (tertiary/aromatic N) is 4. The van der Waals surface area contributed by atoms with E-state index < -0.39 is 22.0 Å². The summed E-state index contributed by atoms with van der Waals surface area (Å²) in [5, 5.41) is 7.55. The molecule has 1 atom stereocenters. The zero-order valence-electron chi connectivity index (χ0n) is 12.0. The van der Waals surface area contributed by atoms with E-state index in [9.17, 15) is 13.2 Å². The van der Waals surface area contributed by atoms with Gasteiger partial charge < -0.3 is 5.73 Å². The molecule has 122 valence electrons. The topological polar surface area (TPSA) is 111 Å². The summed E-state index contributed by atoms with van der Waals surface area (Å²) in [4.78, 5) is 12.6. The van der Waals surface area contributed by atoms with Crippen molar-refractivity contribution in [1.82, 2.24) is 19.1 Å². The maximum absolute atomic E-state index is 12.8. The van der Waals surface area contributed by atoms with E-state index in [2.05, 4.69) is 10.2 Å². The van der Waals surface area contributed by atoms with E-state index in [0.29, 0.717) is 17.9 Å². The maximum Gasteiger partial charge on any atom is 0.253 e. The van der Waals surface area contributed by atoms with Gasteiger partial charge in [-0.1, -0.05) is 11.6 Å². The van der Waals surface area contributed by atoms with Gasteiger partial charge in [-0.05, 0) is 37.1 Å². The fourth-order valence-corrected chi connectivity index (χ4v) is 4.37. The SMILES string of the molecule is Nc1nncn1C(=O)[C@@H]1CCCN1S(=O)(=O)c1ccc(Cl)cc1. The third-order valence-electron chi connectivity index (χ3n) is 3.72. The molecule has 0 radical (unpaired) electrons. The Morgan fingerprint density at radius 2 is 2.00 bits per heavy atom. The number of carbonyl (C=O) groups is 1. The zero-order valence-corrected chi connectivity index (χ0v) is 13.5. The molecule has 10 heteroatoms. The van der Waals surface area contributed by atoms with E-state index in [-0.39, 0.29) is 17.4 Å². The molecule has 23 heavy (non-hydrogen) atoms. The predicted octanol–water partition coefficient (Wildman–Crippen LogP) is 1.01. The van der Waals surface area contributed by atoms with Crippen LogP contribution in [0, 0.1) is 0 Å². The molecule has 0 bridgehead atoms. The standard InChI is InChI=1S/C13H14ClN5O3S/c14-9-3-5-10(6-4-9)23(21,22)19-7-1-2-11(19)12(20)18-8-16-17-13(18)15/h3-6,8,11H,1-2,7H2,(H2,15,17)/t11-/m0/s1. The minimum absolute atomic E-state index is 0.0641. The van der Waals surface area contributed by atoms with E-state index >= 15 is 0 Å². The molecular formula is C13H14ClN5O3S. The Morgan fingerprint density at radius 3 is 2.61 bits per heavy atom. The summed E-state index contributed by atoms with van der Waals surface area (Å²) in [6.45, 7) is 0.267. The predicted molar refractivity (Wildman–Crippen MR) is 83.4 cm³/mol. The van der Waals surface area contributed by atoms with Gasteiger partial charge in [-0.2, -0.15) is 4.31 Å². The molecule has 2 aromatic rings. The minimum atomic E-state index is -3.79. The van der Waals surface area contributed by atoms with Gasteiger partial charge in [-0.25, -0.2) is 13.0 Å². The first-order valence-electron chi connectivity index (χ1n) is 6.88. The van der Waals surface area contributed by atoms with Crippen LogP contribution in [-0.4, -0.2) is 46.0 Å². The van der Waals surface area contributed by atoms with Gasteiger partial charge in [0.15, 0.2) is 0 Å². The summed E-state index contributed by atoms with van der Waals surface area (Å²) in [7, 11) is -3.79. The molecule has 0 amide bonds. The minimum Gasteiger partial charge on any atom is -0.368 e. The molecular weight excluding hydrogens is 342 g/mol. The summed E-state index contributed by atoms with van der Waals surface area (Å²) in [5.74, 6) is -0.520. The van der Waals surface area contributed by atoms with Crippen LogP contribution in [0.4, 0.5) is 5.95 Å². The number of anilines is 1. The Morgan fingerprint density at radius 1 is 1.30 bits per heavy atom. The van der Waals surface area contributed by atoms with Gasteiger partial charge in [0.25, 0.3) is 5.91 Å². The second-order valence-electron chi connectivity index (χ2n) is 5.13. The summed E-state index contributed by atoms with van der Waals surface area (Å²) in [6, 6.07) is 5.02. The molecule has 1 saturated heterocycles. The fraction of sp³-hybridized carbons (Fsp3) is 0.308. The molecule has 8 nitrogen and oxygen atoms in total. The third-order valence-corrected chi connectivity index (χ3v) is 5.89. The van der Waals surface area contributed by atoms with Crippen LogP contribution in [0.15, 0.2) is 35.5 Å². The zero-order chi connectivity index (χ0) is 16.6. The number of aromatic nitrogens is 3. The molecule has 1 fully saturated rings. The van der Waals surface area contributed by atoms with Crippen LogP contribution < -0.4 is 5.73 Å². The summed E-state index contributed by atoms with van der Waals surface area (Å²) >= 11 is 5.79. The number of hydrogen-bond acceptors (Lipinski definition) is 6. The molecule has 0 spiro atoms. The van der Waals surface area contributed by atoms with Crippen molar-refractivity contribution in [2.45, 2.75) is 23.8 Å². The van der Waals surface area contributed by atoms with Crippen molar-refractivity contribution < 1.29 is 13.2 Å². The number of benzene rings is 1. The van der Waals surface area contributed by atoms with Gasteiger partial charge >= 0.3 is 0 Å². The molecule has 1 aromatic carbocycles. The number of nitrogen functional groups attached to an aromatic ring is 1. The Bertz CT molecular complexity index is 834. The van der Waals surface area contributed by atoms with E-state index in [1.807, 2.05) is 0 Å². The number of halogens is 1. The molecule has 0 unspecified atom stereocenters. The van der Waals surface area contributed by atoms with E-state index in [4.69, 9.17) is 17.3 Å². The quantitative estimate of drug-likeness (QED) is 0.879. The van der Waals surface area contributed by atoms with Gasteiger partial charge in [-0.15, -0.1) is 10.2 Å². The van der Waals surface area contributed by atoms with Crippen LogP contribution in [0.25, 0.3) is 0 Å². The summed E-state index contributed by atoms with van der Waals surface area (Å²) in [6.07, 6.45) is 2.19. The monoisotopic (exact) mass is 355 g/mol. The van der Waals surface area contributed by atoms with Crippen LogP contribution in [0.2, 0.25) is 5.02 Å². The summed E-state index contributed by atoms with van der Waals surface area (Å²) in [5.41, 5.74) is 5.58. The van der Waals surface area contributed by atoms with Crippen molar-refractivity contribution in [3.05, 3.63) is 35.6 Å². The Kier molecular flexibility index (Phi) is 4.09. The molecule has 0 saturated carbocycles. The van der Waals surface area contributed by atoms with Crippen LogP contribution in [-0.2, 0) is 10.0 Å². The normalized spacial score (nSPS) is 19.1. The van der Waals surface area contributed by atoms with Gasteiger partial charge in [0.05, 0.1) is 4.90 Å². The van der Waals surface area contributed by atoms with Gasteiger partial charge in [0, 0.05) is 11.6 Å². The first-order valence-corrected chi connectivity index (χ1v) is 8.70.